The van der Waals surface area contributed by atoms with E-state index in [1.165, 1.54) is 0 Å². The van der Waals surface area contributed by atoms with Crippen molar-refractivity contribution in [3.8, 4) is 5.69 Å². The number of anilines is 1. The van der Waals surface area contributed by atoms with E-state index >= 15 is 0 Å². The molecule has 0 spiro atoms. The summed E-state index contributed by atoms with van der Waals surface area (Å²) < 4.78 is 2.56. The number of carbonyl (C=O) groups is 1. The highest BCUT2D eigenvalue weighted by molar-refractivity contribution is 9.10. The molecular formula is C16H14BrN5O. The number of carbonyl (C=O) groups excluding carboxylic acids is 1. The molecule has 116 valence electrons. The fraction of sp³-hybridized carbons (Fsp3) is 0.125. The van der Waals surface area contributed by atoms with Crippen molar-refractivity contribution in [1.82, 2.24) is 20.2 Å². The monoisotopic (exact) mass is 371 g/mol. The number of para-hydroxylation sites is 2. The van der Waals surface area contributed by atoms with E-state index in [0.29, 0.717) is 17.9 Å². The largest absolute Gasteiger partial charge is 0.377 e. The van der Waals surface area contributed by atoms with Crippen LogP contribution in [-0.2, 0) is 6.54 Å². The number of hydrogen-bond donors (Lipinski definition) is 1. The van der Waals surface area contributed by atoms with Crippen LogP contribution in [0, 0.1) is 0 Å². The van der Waals surface area contributed by atoms with E-state index in [9.17, 15) is 4.79 Å². The summed E-state index contributed by atoms with van der Waals surface area (Å²) in [5.74, 6) is 0.661. The highest BCUT2D eigenvalue weighted by Crippen LogP contribution is 2.21. The Morgan fingerprint density at radius 3 is 2.70 bits per heavy atom. The molecule has 2 aromatic carbocycles. The van der Waals surface area contributed by atoms with Crippen LogP contribution < -0.4 is 5.32 Å². The summed E-state index contributed by atoms with van der Waals surface area (Å²) in [7, 11) is 0. The van der Waals surface area contributed by atoms with Gasteiger partial charge in [0.25, 0.3) is 0 Å². The SMILES string of the molecule is CC(=O)c1ccccc1NCc1nnnn1-c1ccccc1Br. The van der Waals surface area contributed by atoms with Crippen LogP contribution in [0.25, 0.3) is 5.69 Å². The lowest BCUT2D eigenvalue weighted by molar-refractivity contribution is 0.101. The molecule has 0 radical (unpaired) electrons. The Hall–Kier alpha value is -2.54. The quantitative estimate of drug-likeness (QED) is 0.697. The normalized spacial score (nSPS) is 10.5. The van der Waals surface area contributed by atoms with E-state index in [1.54, 1.807) is 17.7 Å². The van der Waals surface area contributed by atoms with Gasteiger partial charge in [0.15, 0.2) is 11.6 Å². The van der Waals surface area contributed by atoms with E-state index in [0.717, 1.165) is 15.8 Å². The first kappa shape index (κ1) is 15.4. The number of aromatic nitrogens is 4. The fourth-order valence-electron chi connectivity index (χ4n) is 2.25. The zero-order valence-corrected chi connectivity index (χ0v) is 14.0. The summed E-state index contributed by atoms with van der Waals surface area (Å²) in [5, 5.41) is 15.1. The molecule has 7 heteroatoms. The van der Waals surface area contributed by atoms with E-state index in [1.807, 2.05) is 42.5 Å². The molecule has 0 aliphatic rings. The molecule has 0 aliphatic heterocycles. The first-order chi connectivity index (χ1) is 11.2. The maximum atomic E-state index is 11.7. The predicted molar refractivity (Wildman–Crippen MR) is 90.6 cm³/mol. The Morgan fingerprint density at radius 2 is 1.91 bits per heavy atom. The minimum absolute atomic E-state index is 0.0125. The Kier molecular flexibility index (Phi) is 4.47. The second-order valence-corrected chi connectivity index (χ2v) is 5.77. The predicted octanol–water partition coefficient (Wildman–Crippen LogP) is 3.24. The van der Waals surface area contributed by atoms with Gasteiger partial charge < -0.3 is 5.32 Å². The Balaban J connectivity index is 1.85. The summed E-state index contributed by atoms with van der Waals surface area (Å²) in [6.45, 7) is 1.95. The number of nitrogens with one attached hydrogen (secondary N) is 1. The van der Waals surface area contributed by atoms with Crippen LogP contribution in [-0.4, -0.2) is 26.0 Å². The maximum absolute atomic E-state index is 11.7. The van der Waals surface area contributed by atoms with Gasteiger partial charge >= 0.3 is 0 Å². The van der Waals surface area contributed by atoms with Gasteiger partial charge in [-0.1, -0.05) is 24.3 Å². The van der Waals surface area contributed by atoms with Gasteiger partial charge in [0, 0.05) is 15.7 Å². The lowest BCUT2D eigenvalue weighted by Crippen LogP contribution is -2.10. The number of ketones is 1. The third-order valence-corrected chi connectivity index (χ3v) is 4.03. The molecule has 3 rings (SSSR count). The molecule has 0 bridgehead atoms. The lowest BCUT2D eigenvalue weighted by atomic mass is 10.1. The molecular weight excluding hydrogens is 358 g/mol. The van der Waals surface area contributed by atoms with Crippen LogP contribution in [0.15, 0.2) is 53.0 Å². The van der Waals surface area contributed by atoms with Gasteiger partial charge in [0.05, 0.1) is 12.2 Å². The van der Waals surface area contributed by atoms with Crippen molar-refractivity contribution in [2.45, 2.75) is 13.5 Å². The molecule has 0 amide bonds. The van der Waals surface area contributed by atoms with Crippen molar-refractivity contribution in [3.05, 3.63) is 64.4 Å². The van der Waals surface area contributed by atoms with E-state index < -0.39 is 0 Å². The number of rotatable bonds is 5. The van der Waals surface area contributed by atoms with Crippen molar-refractivity contribution in [1.29, 1.82) is 0 Å². The van der Waals surface area contributed by atoms with E-state index in [2.05, 4.69) is 36.8 Å². The van der Waals surface area contributed by atoms with Crippen LogP contribution in [0.4, 0.5) is 5.69 Å². The topological polar surface area (TPSA) is 72.7 Å². The minimum Gasteiger partial charge on any atom is -0.377 e. The molecule has 1 N–H and O–H groups in total. The van der Waals surface area contributed by atoms with Gasteiger partial charge in [-0.2, -0.15) is 4.68 Å². The molecule has 1 heterocycles. The van der Waals surface area contributed by atoms with Crippen LogP contribution >= 0.6 is 15.9 Å². The molecule has 0 atom stereocenters. The number of benzene rings is 2. The van der Waals surface area contributed by atoms with Gasteiger partial charge in [-0.05, 0) is 57.5 Å². The molecule has 0 saturated carbocycles. The number of hydrogen-bond acceptors (Lipinski definition) is 5. The maximum Gasteiger partial charge on any atom is 0.175 e. The van der Waals surface area contributed by atoms with Crippen LogP contribution in [0.3, 0.4) is 0 Å². The molecule has 0 aliphatic carbocycles. The van der Waals surface area contributed by atoms with E-state index in [4.69, 9.17) is 0 Å². The summed E-state index contributed by atoms with van der Waals surface area (Å²) in [4.78, 5) is 11.7. The van der Waals surface area contributed by atoms with Crippen LogP contribution in [0.5, 0.6) is 0 Å². The zero-order chi connectivity index (χ0) is 16.2. The second-order valence-electron chi connectivity index (χ2n) is 4.91. The minimum atomic E-state index is 0.0125. The van der Waals surface area contributed by atoms with Gasteiger partial charge in [0.2, 0.25) is 0 Å². The molecule has 3 aromatic rings. The molecule has 6 nitrogen and oxygen atoms in total. The second kappa shape index (κ2) is 6.70. The van der Waals surface area contributed by atoms with Gasteiger partial charge in [-0.3, -0.25) is 4.79 Å². The molecule has 23 heavy (non-hydrogen) atoms. The Morgan fingerprint density at radius 1 is 1.17 bits per heavy atom. The van der Waals surface area contributed by atoms with Crippen molar-refractivity contribution in [2.75, 3.05) is 5.32 Å². The van der Waals surface area contributed by atoms with Crippen LogP contribution in [0.2, 0.25) is 0 Å². The van der Waals surface area contributed by atoms with Crippen molar-refractivity contribution in [3.63, 3.8) is 0 Å². The van der Waals surface area contributed by atoms with Crippen LogP contribution in [0.1, 0.15) is 23.1 Å². The van der Waals surface area contributed by atoms with Gasteiger partial charge in [-0.15, -0.1) is 5.10 Å². The first-order valence-corrected chi connectivity index (χ1v) is 7.82. The van der Waals surface area contributed by atoms with Crippen molar-refractivity contribution in [2.24, 2.45) is 0 Å². The standard InChI is InChI=1S/C16H14BrN5O/c1-11(23)12-6-2-4-8-14(12)18-10-16-19-20-21-22(16)15-9-5-3-7-13(15)17/h2-9,18H,10H2,1H3. The number of tetrazole rings is 1. The zero-order valence-electron chi connectivity index (χ0n) is 12.4. The third-order valence-electron chi connectivity index (χ3n) is 3.36. The number of nitrogens with zero attached hydrogens (tertiary/aromatic N) is 4. The first-order valence-electron chi connectivity index (χ1n) is 7.03. The third kappa shape index (κ3) is 3.29. The summed E-state index contributed by atoms with van der Waals surface area (Å²) in [6, 6.07) is 15.1. The van der Waals surface area contributed by atoms with Crippen molar-refractivity contribution < 1.29 is 4.79 Å². The average Bonchev–Trinajstić information content (AvgIpc) is 3.02. The smallest absolute Gasteiger partial charge is 0.175 e. The highest BCUT2D eigenvalue weighted by Gasteiger charge is 2.12. The fourth-order valence-corrected chi connectivity index (χ4v) is 2.70. The Labute approximate surface area is 141 Å². The Bertz CT molecular complexity index is 846. The molecule has 0 saturated heterocycles. The molecule has 1 aromatic heterocycles. The summed E-state index contributed by atoms with van der Waals surface area (Å²) in [5.41, 5.74) is 2.27. The average molecular weight is 372 g/mol. The summed E-state index contributed by atoms with van der Waals surface area (Å²) >= 11 is 3.50. The van der Waals surface area contributed by atoms with Crippen molar-refractivity contribution >= 4 is 27.4 Å². The molecule has 0 unspecified atom stereocenters. The molecule has 0 fully saturated rings. The van der Waals surface area contributed by atoms with Gasteiger partial charge in [0.1, 0.15) is 0 Å². The van der Waals surface area contributed by atoms with Gasteiger partial charge in [-0.25, -0.2) is 0 Å². The number of halogens is 1. The summed E-state index contributed by atoms with van der Waals surface area (Å²) in [6.07, 6.45) is 0. The lowest BCUT2D eigenvalue weighted by Gasteiger charge is -2.10. The van der Waals surface area contributed by atoms with E-state index in [-0.39, 0.29) is 5.78 Å². The number of Topliss-reactive ketones (excluding diaryl/α,β-unsaturated/α-hetero) is 1. The highest BCUT2D eigenvalue weighted by atomic mass is 79.9.